The first-order valence-corrected chi connectivity index (χ1v) is 3.41. The molecule has 0 saturated carbocycles. The van der Waals surface area contributed by atoms with E-state index < -0.39 is 24.9 Å². The second-order valence-electron chi connectivity index (χ2n) is 2.61. The lowest BCUT2D eigenvalue weighted by molar-refractivity contribution is -0.119. The molecule has 0 unspecified atom stereocenters. The van der Waals surface area contributed by atoms with E-state index in [9.17, 15) is 4.79 Å². The normalized spacial score (nSPS) is 33.5. The number of hydrogen-bond acceptors (Lipinski definition) is 4. The van der Waals surface area contributed by atoms with Crippen LogP contribution in [-0.2, 0) is 4.79 Å². The monoisotopic (exact) mass is 161 g/mol. The molecule has 0 aromatic rings. The maximum absolute atomic E-state index is 10.6. The van der Waals surface area contributed by atoms with Crippen molar-refractivity contribution in [2.75, 3.05) is 6.61 Å². The molecule has 1 heterocycles. The lowest BCUT2D eigenvalue weighted by Crippen LogP contribution is -2.44. The average Bonchev–Trinajstić information content (AvgIpc) is 2.28. The molecule has 0 bridgehead atoms. The van der Waals surface area contributed by atoms with Crippen LogP contribution < -0.4 is 5.32 Å². The minimum atomic E-state index is -1.07. The van der Waals surface area contributed by atoms with Gasteiger partial charge in [0, 0.05) is 0 Å². The molecule has 4 N–H and O–H groups in total. The second-order valence-corrected chi connectivity index (χ2v) is 2.61. The van der Waals surface area contributed by atoms with Crippen molar-refractivity contribution in [3.8, 4) is 0 Å². The van der Waals surface area contributed by atoms with Crippen LogP contribution in [0.4, 0.5) is 0 Å². The molecule has 1 saturated heterocycles. The van der Waals surface area contributed by atoms with Gasteiger partial charge in [0.2, 0.25) is 5.91 Å². The van der Waals surface area contributed by atoms with Gasteiger partial charge in [-0.25, -0.2) is 0 Å². The summed E-state index contributed by atoms with van der Waals surface area (Å²) in [6.45, 7) is -0.456. The fourth-order valence-corrected chi connectivity index (χ4v) is 1.12. The quantitative estimate of drug-likeness (QED) is 0.363. The fraction of sp³-hybridized carbons (Fsp3) is 0.833. The van der Waals surface area contributed by atoms with E-state index in [0.29, 0.717) is 0 Å². The van der Waals surface area contributed by atoms with E-state index in [-0.39, 0.29) is 12.3 Å². The molecule has 1 fully saturated rings. The minimum Gasteiger partial charge on any atom is -0.394 e. The van der Waals surface area contributed by atoms with Crippen LogP contribution in [0.25, 0.3) is 0 Å². The average molecular weight is 161 g/mol. The minimum absolute atomic E-state index is 0.00171. The van der Waals surface area contributed by atoms with Gasteiger partial charge in [0.05, 0.1) is 31.3 Å². The Kier molecular flexibility index (Phi) is 2.43. The molecule has 5 nitrogen and oxygen atoms in total. The zero-order valence-electron chi connectivity index (χ0n) is 5.90. The number of carbonyl (C=O) groups is 1. The van der Waals surface area contributed by atoms with Crippen molar-refractivity contribution in [3.63, 3.8) is 0 Å². The summed E-state index contributed by atoms with van der Waals surface area (Å²) in [6.07, 6.45) is -1.96. The van der Waals surface area contributed by atoms with Crippen LogP contribution in [0.5, 0.6) is 0 Å². The van der Waals surface area contributed by atoms with Crippen molar-refractivity contribution in [2.45, 2.75) is 24.7 Å². The predicted molar refractivity (Wildman–Crippen MR) is 35.6 cm³/mol. The molecule has 3 atom stereocenters. The molecular weight excluding hydrogens is 150 g/mol. The van der Waals surface area contributed by atoms with Crippen LogP contribution in [0.3, 0.4) is 0 Å². The zero-order chi connectivity index (χ0) is 8.43. The SMILES string of the molecule is O=C1C[C@@H](O)[C@H]([C@H](O)CO)N1. The third-order valence-electron chi connectivity index (χ3n) is 1.74. The summed E-state index contributed by atoms with van der Waals surface area (Å²) in [7, 11) is 0. The van der Waals surface area contributed by atoms with Gasteiger partial charge in [-0.3, -0.25) is 4.79 Å². The Morgan fingerprint density at radius 2 is 2.36 bits per heavy atom. The van der Waals surface area contributed by atoms with Crippen LogP contribution in [0, 0.1) is 0 Å². The molecule has 0 aliphatic carbocycles. The van der Waals surface area contributed by atoms with Crippen molar-refractivity contribution in [3.05, 3.63) is 0 Å². The lowest BCUT2D eigenvalue weighted by Gasteiger charge is -2.18. The van der Waals surface area contributed by atoms with Crippen molar-refractivity contribution in [2.24, 2.45) is 0 Å². The molecule has 1 amide bonds. The summed E-state index contributed by atoms with van der Waals surface area (Å²) in [6, 6.07) is -0.715. The molecule has 0 aromatic heterocycles. The highest BCUT2D eigenvalue weighted by Gasteiger charge is 2.35. The predicted octanol–water partition coefficient (Wildman–Crippen LogP) is -2.41. The Hall–Kier alpha value is -0.650. The van der Waals surface area contributed by atoms with Crippen LogP contribution in [0.2, 0.25) is 0 Å². The van der Waals surface area contributed by atoms with Gasteiger partial charge in [0.1, 0.15) is 0 Å². The van der Waals surface area contributed by atoms with E-state index in [2.05, 4.69) is 5.32 Å². The number of hydrogen-bond donors (Lipinski definition) is 4. The number of aliphatic hydroxyl groups excluding tert-OH is 3. The molecule has 1 rings (SSSR count). The first-order chi connectivity index (χ1) is 5.15. The highest BCUT2D eigenvalue weighted by molar-refractivity contribution is 5.79. The number of amides is 1. The molecule has 11 heavy (non-hydrogen) atoms. The highest BCUT2D eigenvalue weighted by atomic mass is 16.3. The molecule has 5 heteroatoms. The molecular formula is C6H11NO4. The third-order valence-corrected chi connectivity index (χ3v) is 1.74. The first kappa shape index (κ1) is 8.45. The molecule has 1 aliphatic heterocycles. The van der Waals surface area contributed by atoms with Crippen molar-refractivity contribution in [1.82, 2.24) is 5.32 Å². The highest BCUT2D eigenvalue weighted by Crippen LogP contribution is 2.10. The molecule has 1 aliphatic rings. The summed E-state index contributed by atoms with van der Waals surface area (Å²) < 4.78 is 0. The largest absolute Gasteiger partial charge is 0.394 e. The van der Waals surface area contributed by atoms with Gasteiger partial charge in [-0.1, -0.05) is 0 Å². The lowest BCUT2D eigenvalue weighted by atomic mass is 10.1. The summed E-state index contributed by atoms with van der Waals surface area (Å²) in [5, 5.41) is 29.0. The topological polar surface area (TPSA) is 89.8 Å². The van der Waals surface area contributed by atoms with Crippen LogP contribution in [0.1, 0.15) is 6.42 Å². The van der Waals surface area contributed by atoms with E-state index in [0.717, 1.165) is 0 Å². The van der Waals surface area contributed by atoms with Crippen molar-refractivity contribution < 1.29 is 20.1 Å². The summed E-state index contributed by atoms with van der Waals surface area (Å²) >= 11 is 0. The van der Waals surface area contributed by atoms with Crippen molar-refractivity contribution in [1.29, 1.82) is 0 Å². The maximum Gasteiger partial charge on any atom is 0.223 e. The molecule has 0 spiro atoms. The van der Waals surface area contributed by atoms with E-state index in [1.165, 1.54) is 0 Å². The smallest absolute Gasteiger partial charge is 0.223 e. The second kappa shape index (κ2) is 3.17. The van der Waals surface area contributed by atoms with E-state index in [1.54, 1.807) is 0 Å². The van der Waals surface area contributed by atoms with Crippen molar-refractivity contribution >= 4 is 5.91 Å². The number of rotatable bonds is 2. The Morgan fingerprint density at radius 1 is 1.73 bits per heavy atom. The van der Waals surface area contributed by atoms with Crippen LogP contribution in [0.15, 0.2) is 0 Å². The summed E-state index contributed by atoms with van der Waals surface area (Å²) in [4.78, 5) is 10.6. The Balaban J connectivity index is 2.52. The van der Waals surface area contributed by atoms with Gasteiger partial charge >= 0.3 is 0 Å². The number of nitrogens with one attached hydrogen (secondary N) is 1. The molecule has 64 valence electrons. The van der Waals surface area contributed by atoms with Gasteiger partial charge < -0.3 is 20.6 Å². The third kappa shape index (κ3) is 1.68. The Bertz CT molecular complexity index is 161. The van der Waals surface area contributed by atoms with Gasteiger partial charge in [0.15, 0.2) is 0 Å². The van der Waals surface area contributed by atoms with E-state index in [1.807, 2.05) is 0 Å². The van der Waals surface area contributed by atoms with Crippen LogP contribution in [-0.4, -0.2) is 46.1 Å². The number of carbonyl (C=O) groups excluding carboxylic acids is 1. The summed E-state index contributed by atoms with van der Waals surface area (Å²) in [5.74, 6) is -0.296. The fourth-order valence-electron chi connectivity index (χ4n) is 1.12. The Labute approximate surface area is 63.7 Å². The summed E-state index contributed by atoms with van der Waals surface area (Å²) in [5.41, 5.74) is 0. The zero-order valence-corrected chi connectivity index (χ0v) is 5.90. The van der Waals surface area contributed by atoms with Crippen LogP contribution >= 0.6 is 0 Å². The molecule has 0 aromatic carbocycles. The van der Waals surface area contributed by atoms with Gasteiger partial charge in [-0.2, -0.15) is 0 Å². The standard InChI is InChI=1S/C6H11NO4/c8-2-4(10)6-3(9)1-5(11)7-6/h3-4,6,8-10H,1-2H2,(H,7,11)/t3-,4-,6-/m1/s1. The molecule has 0 radical (unpaired) electrons. The van der Waals surface area contributed by atoms with Gasteiger partial charge in [-0.15, -0.1) is 0 Å². The van der Waals surface area contributed by atoms with Gasteiger partial charge in [0.25, 0.3) is 0 Å². The van der Waals surface area contributed by atoms with E-state index >= 15 is 0 Å². The Morgan fingerprint density at radius 3 is 2.73 bits per heavy atom. The van der Waals surface area contributed by atoms with Gasteiger partial charge in [-0.05, 0) is 0 Å². The number of aliphatic hydroxyl groups is 3. The first-order valence-electron chi connectivity index (χ1n) is 3.41. The van der Waals surface area contributed by atoms with E-state index in [4.69, 9.17) is 15.3 Å². The maximum atomic E-state index is 10.6.